The fraction of sp³-hybridized carbons (Fsp3) is 0.417. The number of aliphatic hydroxyl groups is 2. The molecule has 2 aromatic rings. The van der Waals surface area contributed by atoms with E-state index in [4.69, 9.17) is 16.9 Å². The number of aliphatic hydroxyl groups excluding tert-OH is 1. The van der Waals surface area contributed by atoms with Gasteiger partial charge in [-0.1, -0.05) is 5.92 Å². The van der Waals surface area contributed by atoms with Crippen LogP contribution in [0.4, 0.5) is 10.2 Å². The van der Waals surface area contributed by atoms with Crippen LogP contribution in [0.5, 0.6) is 0 Å². The Bertz CT molecular complexity index is 772. The van der Waals surface area contributed by atoms with Gasteiger partial charge in [-0.05, 0) is 0 Å². The minimum absolute atomic E-state index is 0.104. The standard InChI is InChI=1S/C12H16B2FN5O3/c1-3-11(23-2,12(13,14)22)6(21)4-20-5-17-7-8(16)18-10(15)19-9(7)20/h1,5-6,21-22H,4,13-14H2,2H3,(H2,16,18,19)/t6-,11?/m0/s1. The maximum Gasteiger partial charge on any atom is 0.312 e. The van der Waals surface area contributed by atoms with Gasteiger partial charge in [-0.3, -0.25) is 0 Å². The summed E-state index contributed by atoms with van der Waals surface area (Å²) in [5.74, 6) is 2.19. The van der Waals surface area contributed by atoms with Crippen molar-refractivity contribution in [1.29, 1.82) is 0 Å². The van der Waals surface area contributed by atoms with Crippen LogP contribution in [0.1, 0.15) is 0 Å². The van der Waals surface area contributed by atoms with Gasteiger partial charge in [0, 0.05) is 12.5 Å². The quantitative estimate of drug-likeness (QED) is 0.302. The van der Waals surface area contributed by atoms with Crippen LogP contribution < -0.4 is 5.73 Å². The van der Waals surface area contributed by atoms with Crippen molar-refractivity contribution >= 4 is 32.7 Å². The first-order chi connectivity index (χ1) is 10.7. The highest BCUT2D eigenvalue weighted by Crippen LogP contribution is 2.27. The molecule has 0 saturated carbocycles. The summed E-state index contributed by atoms with van der Waals surface area (Å²) in [5, 5.41) is 19.3. The van der Waals surface area contributed by atoms with E-state index in [0.717, 1.165) is 0 Å². The van der Waals surface area contributed by atoms with Gasteiger partial charge in [0.05, 0.1) is 12.9 Å². The lowest BCUT2D eigenvalue weighted by Crippen LogP contribution is -2.63. The summed E-state index contributed by atoms with van der Waals surface area (Å²) in [5.41, 5.74) is 4.21. The molecule has 0 fully saturated rings. The van der Waals surface area contributed by atoms with Crippen molar-refractivity contribution in [2.45, 2.75) is 23.6 Å². The summed E-state index contributed by atoms with van der Waals surface area (Å²) in [6.45, 7) is -0.144. The van der Waals surface area contributed by atoms with E-state index in [1.807, 2.05) is 0 Å². The first-order valence-corrected chi connectivity index (χ1v) is 6.73. The molecule has 0 aromatic carbocycles. The van der Waals surface area contributed by atoms with Crippen LogP contribution in [0, 0.1) is 18.4 Å². The summed E-state index contributed by atoms with van der Waals surface area (Å²) in [6.07, 6.45) is 4.45. The molecule has 11 heteroatoms. The molecule has 0 radical (unpaired) electrons. The Labute approximate surface area is 133 Å². The van der Waals surface area contributed by atoms with Crippen molar-refractivity contribution < 1.29 is 19.3 Å². The monoisotopic (exact) mass is 319 g/mol. The maximum atomic E-state index is 13.3. The van der Waals surface area contributed by atoms with Crippen molar-refractivity contribution in [3.63, 3.8) is 0 Å². The number of hydrogen-bond donors (Lipinski definition) is 3. The van der Waals surface area contributed by atoms with E-state index in [1.54, 1.807) is 0 Å². The third-order valence-electron chi connectivity index (χ3n) is 3.75. The van der Waals surface area contributed by atoms with Gasteiger partial charge >= 0.3 is 6.08 Å². The summed E-state index contributed by atoms with van der Waals surface area (Å²) >= 11 is 0. The number of fused-ring (bicyclic) bond motifs is 1. The van der Waals surface area contributed by atoms with Gasteiger partial charge in [-0.2, -0.15) is 14.4 Å². The van der Waals surface area contributed by atoms with Crippen LogP contribution in [0.3, 0.4) is 0 Å². The topological polar surface area (TPSA) is 119 Å². The number of nitrogens with two attached hydrogens (primary N) is 1. The fourth-order valence-electron chi connectivity index (χ4n) is 2.51. The van der Waals surface area contributed by atoms with Gasteiger partial charge in [0.25, 0.3) is 0 Å². The summed E-state index contributed by atoms with van der Waals surface area (Å²) in [4.78, 5) is 11.0. The van der Waals surface area contributed by atoms with Crippen LogP contribution in [-0.4, -0.2) is 69.6 Å². The number of nitrogen functional groups attached to an aromatic ring is 1. The molecule has 0 saturated heterocycles. The summed E-state index contributed by atoms with van der Waals surface area (Å²) < 4.78 is 19.9. The first-order valence-electron chi connectivity index (χ1n) is 6.73. The normalized spacial score (nSPS) is 16.0. The zero-order chi connectivity index (χ0) is 17.4. The van der Waals surface area contributed by atoms with Crippen LogP contribution >= 0.6 is 0 Å². The van der Waals surface area contributed by atoms with E-state index in [0.29, 0.717) is 0 Å². The number of imidazole rings is 1. The van der Waals surface area contributed by atoms with Crippen LogP contribution in [0.15, 0.2) is 6.33 Å². The summed E-state index contributed by atoms with van der Waals surface area (Å²) in [6, 6.07) is 0. The molecule has 23 heavy (non-hydrogen) atoms. The molecule has 0 aliphatic carbocycles. The van der Waals surface area contributed by atoms with Crippen LogP contribution in [-0.2, 0) is 11.3 Å². The fourth-order valence-corrected chi connectivity index (χ4v) is 2.51. The largest absolute Gasteiger partial charge is 0.404 e. The SMILES string of the molecule is BC(B)(O)C(C#C)(OC)[C@@H](O)Cn1cnc2c(N)nc(F)nc21. The number of ether oxygens (including phenoxy) is 1. The number of aromatic nitrogens is 4. The van der Waals surface area contributed by atoms with E-state index < -0.39 is 23.2 Å². The van der Waals surface area contributed by atoms with Gasteiger partial charge in [-0.25, -0.2) is 4.98 Å². The predicted molar refractivity (Wildman–Crippen MR) is 86.3 cm³/mol. The zero-order valence-corrected chi connectivity index (χ0v) is 13.0. The molecular formula is C12H16B2FN5O3. The molecule has 0 amide bonds. The second-order valence-electron chi connectivity index (χ2n) is 5.61. The lowest BCUT2D eigenvalue weighted by atomic mass is 9.54. The molecule has 0 aliphatic rings. The molecule has 8 nitrogen and oxygen atoms in total. The second kappa shape index (κ2) is 5.81. The number of hydrogen-bond acceptors (Lipinski definition) is 7. The first kappa shape index (κ1) is 17.2. The molecular weight excluding hydrogens is 303 g/mol. The molecule has 2 aromatic heterocycles. The van der Waals surface area contributed by atoms with Gasteiger partial charge in [0.15, 0.2) is 17.1 Å². The van der Waals surface area contributed by atoms with Gasteiger partial charge < -0.3 is 25.3 Å². The van der Waals surface area contributed by atoms with E-state index >= 15 is 0 Å². The van der Waals surface area contributed by atoms with Crippen molar-refractivity contribution in [2.75, 3.05) is 12.8 Å². The minimum atomic E-state index is -1.68. The molecule has 4 N–H and O–H groups in total. The predicted octanol–water partition coefficient (Wildman–Crippen LogP) is -3.16. The second-order valence-corrected chi connectivity index (χ2v) is 5.61. The third kappa shape index (κ3) is 2.76. The number of halogens is 1. The van der Waals surface area contributed by atoms with E-state index in [2.05, 4.69) is 20.9 Å². The Morgan fingerprint density at radius 3 is 2.74 bits per heavy atom. The van der Waals surface area contributed by atoms with Crippen LogP contribution in [0.2, 0.25) is 0 Å². The lowest BCUT2D eigenvalue weighted by Gasteiger charge is -2.42. The molecule has 2 heterocycles. The van der Waals surface area contributed by atoms with Crippen molar-refractivity contribution in [3.8, 4) is 12.3 Å². The average molecular weight is 319 g/mol. The van der Waals surface area contributed by atoms with Crippen molar-refractivity contribution in [2.24, 2.45) is 0 Å². The number of nitrogens with zero attached hydrogens (tertiary/aromatic N) is 4. The van der Waals surface area contributed by atoms with Crippen LogP contribution in [0.25, 0.3) is 11.2 Å². The highest BCUT2D eigenvalue weighted by molar-refractivity contribution is 6.40. The minimum Gasteiger partial charge on any atom is -0.404 e. The van der Waals surface area contributed by atoms with Gasteiger partial charge in [-0.15, -0.1) is 6.42 Å². The number of rotatable bonds is 5. The maximum absolute atomic E-state index is 13.3. The molecule has 2 rings (SSSR count). The lowest BCUT2D eigenvalue weighted by molar-refractivity contribution is -0.123. The average Bonchev–Trinajstić information content (AvgIpc) is 2.82. The highest BCUT2D eigenvalue weighted by atomic mass is 19.1. The van der Waals surface area contributed by atoms with Crippen molar-refractivity contribution in [1.82, 2.24) is 19.5 Å². The van der Waals surface area contributed by atoms with Crippen molar-refractivity contribution in [3.05, 3.63) is 12.4 Å². The summed E-state index contributed by atoms with van der Waals surface area (Å²) in [7, 11) is 4.13. The number of methoxy groups -OCH3 is 1. The Balaban J connectivity index is 2.44. The zero-order valence-electron chi connectivity index (χ0n) is 13.0. The molecule has 0 spiro atoms. The third-order valence-corrected chi connectivity index (χ3v) is 3.75. The molecule has 120 valence electrons. The smallest absolute Gasteiger partial charge is 0.312 e. The Kier molecular flexibility index (Phi) is 4.34. The Hall–Kier alpha value is -2.15. The number of anilines is 1. The number of terminal acetylenes is 1. The van der Waals surface area contributed by atoms with E-state index in [9.17, 15) is 14.6 Å². The van der Waals surface area contributed by atoms with Gasteiger partial charge in [0.2, 0.25) is 0 Å². The Morgan fingerprint density at radius 1 is 1.57 bits per heavy atom. The van der Waals surface area contributed by atoms with E-state index in [-0.39, 0.29) is 23.5 Å². The molecule has 1 unspecified atom stereocenters. The van der Waals surface area contributed by atoms with E-state index in [1.165, 1.54) is 33.7 Å². The Morgan fingerprint density at radius 2 is 2.22 bits per heavy atom. The molecule has 2 atom stereocenters. The highest BCUT2D eigenvalue weighted by Gasteiger charge is 2.48. The molecule has 0 bridgehead atoms. The molecule has 0 aliphatic heterocycles. The van der Waals surface area contributed by atoms with Gasteiger partial charge in [0.1, 0.15) is 27.3 Å².